The van der Waals surface area contributed by atoms with Crippen molar-refractivity contribution in [1.82, 2.24) is 14.7 Å². The van der Waals surface area contributed by atoms with Crippen LogP contribution in [0.15, 0.2) is 0 Å². The molecule has 0 radical (unpaired) electrons. The summed E-state index contributed by atoms with van der Waals surface area (Å²) in [6.07, 6.45) is 2.77. The fraction of sp³-hybridized carbons (Fsp3) is 0.786. The Morgan fingerprint density at radius 1 is 1.14 bits per heavy atom. The summed E-state index contributed by atoms with van der Waals surface area (Å²) in [7, 11) is 1.72. The fourth-order valence-corrected chi connectivity index (χ4v) is 2.97. The van der Waals surface area contributed by atoms with Crippen LogP contribution in [0.4, 0.5) is 4.79 Å². The number of urea groups is 1. The predicted octanol–water partition coefficient (Wildman–Crippen LogP) is 0.600. The van der Waals surface area contributed by atoms with Crippen molar-refractivity contribution in [2.45, 2.75) is 38.1 Å². The molecule has 7 heteroatoms. The van der Waals surface area contributed by atoms with Gasteiger partial charge in [-0.3, -0.25) is 4.79 Å². The maximum absolute atomic E-state index is 12.7. The van der Waals surface area contributed by atoms with Gasteiger partial charge in [0.1, 0.15) is 12.1 Å². The van der Waals surface area contributed by atoms with Crippen LogP contribution in [0.5, 0.6) is 0 Å². The second-order valence-electron chi connectivity index (χ2n) is 6.06. The number of nitrogens with zero attached hydrogens (tertiary/aromatic N) is 3. The highest BCUT2D eigenvalue weighted by atomic mass is 16.4. The van der Waals surface area contributed by atoms with Crippen LogP contribution >= 0.6 is 0 Å². The van der Waals surface area contributed by atoms with Crippen molar-refractivity contribution < 1.29 is 19.5 Å². The second-order valence-corrected chi connectivity index (χ2v) is 6.06. The molecule has 1 N–H and O–H groups in total. The number of piperidine rings is 1. The van der Waals surface area contributed by atoms with Gasteiger partial charge in [0.2, 0.25) is 5.91 Å². The highest BCUT2D eigenvalue weighted by molar-refractivity contribution is 5.89. The van der Waals surface area contributed by atoms with Crippen LogP contribution in [0.25, 0.3) is 0 Å². The van der Waals surface area contributed by atoms with Gasteiger partial charge in [-0.05, 0) is 32.6 Å². The molecule has 2 heterocycles. The van der Waals surface area contributed by atoms with Crippen LogP contribution in [0, 0.1) is 0 Å². The minimum atomic E-state index is -1.17. The molecule has 2 saturated heterocycles. The Morgan fingerprint density at radius 2 is 1.86 bits per heavy atom. The molecule has 1 unspecified atom stereocenters. The molecule has 0 aromatic carbocycles. The molecule has 3 amide bonds. The van der Waals surface area contributed by atoms with E-state index in [1.165, 1.54) is 9.80 Å². The Balaban J connectivity index is 2.17. The van der Waals surface area contributed by atoms with Gasteiger partial charge in [0.25, 0.3) is 0 Å². The second kappa shape index (κ2) is 5.91. The molecular weight excluding hydrogens is 274 g/mol. The van der Waals surface area contributed by atoms with E-state index < -0.39 is 11.5 Å². The lowest BCUT2D eigenvalue weighted by Gasteiger charge is -2.43. The number of carboxylic acids is 1. The first-order chi connectivity index (χ1) is 9.86. The smallest absolute Gasteiger partial charge is 0.329 e. The van der Waals surface area contributed by atoms with Crippen LogP contribution in [-0.2, 0) is 9.59 Å². The number of aliphatic carboxylic acids is 1. The van der Waals surface area contributed by atoms with Crippen LogP contribution < -0.4 is 0 Å². The molecule has 1 atom stereocenters. The van der Waals surface area contributed by atoms with Gasteiger partial charge >= 0.3 is 12.0 Å². The summed E-state index contributed by atoms with van der Waals surface area (Å²) < 4.78 is 0. The molecule has 0 aromatic rings. The summed E-state index contributed by atoms with van der Waals surface area (Å²) >= 11 is 0. The molecule has 2 rings (SSSR count). The SMILES string of the molecule is CN1CCCN(C(=O)N2CCCCC2(C)C(=O)O)CC1=O. The zero-order valence-corrected chi connectivity index (χ0v) is 12.7. The maximum atomic E-state index is 12.7. The number of amides is 3. The van der Waals surface area contributed by atoms with Gasteiger partial charge in [0.05, 0.1) is 0 Å². The average molecular weight is 297 g/mol. The first-order valence-corrected chi connectivity index (χ1v) is 7.40. The normalized spacial score (nSPS) is 27.5. The van der Waals surface area contributed by atoms with Crippen molar-refractivity contribution in [3.05, 3.63) is 0 Å². The topological polar surface area (TPSA) is 81.2 Å². The molecular formula is C14H23N3O4. The third kappa shape index (κ3) is 2.96. The highest BCUT2D eigenvalue weighted by Gasteiger charge is 2.45. The van der Waals surface area contributed by atoms with Gasteiger partial charge in [-0.25, -0.2) is 9.59 Å². The molecule has 7 nitrogen and oxygen atoms in total. The van der Waals surface area contributed by atoms with Crippen LogP contribution in [-0.4, -0.2) is 76.5 Å². The number of carboxylic acid groups (broad SMARTS) is 1. The van der Waals surface area contributed by atoms with Crippen LogP contribution in [0.2, 0.25) is 0 Å². The number of carbonyl (C=O) groups excluding carboxylic acids is 2. The number of carbonyl (C=O) groups is 3. The van der Waals surface area contributed by atoms with Crippen molar-refractivity contribution >= 4 is 17.9 Å². The van der Waals surface area contributed by atoms with Gasteiger partial charge in [-0.15, -0.1) is 0 Å². The Bertz CT molecular complexity index is 454. The van der Waals surface area contributed by atoms with Crippen molar-refractivity contribution in [3.8, 4) is 0 Å². The van der Waals surface area contributed by atoms with Gasteiger partial charge in [0, 0.05) is 26.7 Å². The third-order valence-electron chi connectivity index (χ3n) is 4.53. The average Bonchev–Trinajstić information content (AvgIpc) is 2.61. The lowest BCUT2D eigenvalue weighted by atomic mass is 9.89. The van der Waals surface area contributed by atoms with Crippen molar-refractivity contribution in [2.24, 2.45) is 0 Å². The Morgan fingerprint density at radius 3 is 2.52 bits per heavy atom. The predicted molar refractivity (Wildman–Crippen MR) is 75.8 cm³/mol. The number of likely N-dealkylation sites (tertiary alicyclic amines) is 1. The molecule has 0 saturated carbocycles. The largest absolute Gasteiger partial charge is 0.480 e. The van der Waals surface area contributed by atoms with Crippen LogP contribution in [0.3, 0.4) is 0 Å². The van der Waals surface area contributed by atoms with E-state index in [2.05, 4.69) is 0 Å². The summed E-state index contributed by atoms with van der Waals surface area (Å²) in [5.41, 5.74) is -1.17. The Labute approximate surface area is 124 Å². The minimum absolute atomic E-state index is 0.0293. The van der Waals surface area contributed by atoms with E-state index in [1.54, 1.807) is 18.9 Å². The van der Waals surface area contributed by atoms with Gasteiger partial charge in [-0.2, -0.15) is 0 Å². The highest BCUT2D eigenvalue weighted by Crippen LogP contribution is 2.29. The van der Waals surface area contributed by atoms with Crippen molar-refractivity contribution in [1.29, 1.82) is 0 Å². The van der Waals surface area contributed by atoms with Crippen LogP contribution in [0.1, 0.15) is 32.6 Å². The monoisotopic (exact) mass is 297 g/mol. The van der Waals surface area contributed by atoms with E-state index in [0.717, 1.165) is 12.8 Å². The van der Waals surface area contributed by atoms with E-state index in [9.17, 15) is 19.5 Å². The number of rotatable bonds is 1. The van der Waals surface area contributed by atoms with Crippen molar-refractivity contribution in [2.75, 3.05) is 33.2 Å². The van der Waals surface area contributed by atoms with E-state index in [4.69, 9.17) is 0 Å². The number of hydrogen-bond acceptors (Lipinski definition) is 3. The molecule has 2 fully saturated rings. The van der Waals surface area contributed by atoms with E-state index >= 15 is 0 Å². The van der Waals surface area contributed by atoms with Gasteiger partial charge < -0.3 is 19.8 Å². The molecule has 0 aromatic heterocycles. The quantitative estimate of drug-likeness (QED) is 0.768. The van der Waals surface area contributed by atoms with Gasteiger partial charge in [-0.1, -0.05) is 0 Å². The maximum Gasteiger partial charge on any atom is 0.329 e. The zero-order valence-electron chi connectivity index (χ0n) is 12.7. The third-order valence-corrected chi connectivity index (χ3v) is 4.53. The molecule has 0 spiro atoms. The lowest BCUT2D eigenvalue weighted by molar-refractivity contribution is -0.150. The molecule has 118 valence electrons. The summed E-state index contributed by atoms with van der Waals surface area (Å²) in [6, 6.07) is -0.330. The summed E-state index contributed by atoms with van der Waals surface area (Å²) in [4.78, 5) is 40.7. The first kappa shape index (κ1) is 15.6. The molecule has 21 heavy (non-hydrogen) atoms. The standard InChI is InChI=1S/C14H23N3O4/c1-14(12(19)20)6-3-4-9-17(14)13(21)16-8-5-7-15(2)11(18)10-16/h3-10H2,1-2H3,(H,19,20). The summed E-state index contributed by atoms with van der Waals surface area (Å²) in [5.74, 6) is -1.08. The van der Waals surface area contributed by atoms with E-state index in [1.807, 2.05) is 0 Å². The molecule has 2 aliphatic rings. The summed E-state index contributed by atoms with van der Waals surface area (Å²) in [5, 5.41) is 9.48. The number of hydrogen-bond donors (Lipinski definition) is 1. The fourth-order valence-electron chi connectivity index (χ4n) is 2.97. The summed E-state index contributed by atoms with van der Waals surface area (Å²) in [6.45, 7) is 3.17. The zero-order chi connectivity index (χ0) is 15.6. The first-order valence-electron chi connectivity index (χ1n) is 7.40. The Hall–Kier alpha value is -1.79. The van der Waals surface area contributed by atoms with Crippen molar-refractivity contribution in [3.63, 3.8) is 0 Å². The van der Waals surface area contributed by atoms with E-state index in [0.29, 0.717) is 32.5 Å². The Kier molecular flexibility index (Phi) is 4.39. The lowest BCUT2D eigenvalue weighted by Crippen LogP contribution is -2.61. The van der Waals surface area contributed by atoms with Gasteiger partial charge in [0.15, 0.2) is 0 Å². The molecule has 0 bridgehead atoms. The number of likely N-dealkylation sites (N-methyl/N-ethyl adjacent to an activating group) is 1. The minimum Gasteiger partial charge on any atom is -0.480 e. The molecule has 0 aliphatic carbocycles. The van der Waals surface area contributed by atoms with E-state index in [-0.39, 0.29) is 18.5 Å². The molecule has 2 aliphatic heterocycles.